The molecule has 0 unspecified atom stereocenters. The molecule has 0 saturated heterocycles. The van der Waals surface area contributed by atoms with Gasteiger partial charge in [-0.05, 0) is 110 Å². The predicted octanol–water partition coefficient (Wildman–Crippen LogP) is 17.0. The summed E-state index contributed by atoms with van der Waals surface area (Å²) in [7, 11) is 0. The standard InChI is InChI=1S/C61H37N3S/c1-3-14-39(15-4-1)61-62-55-34-33-52-54-37-41(29-35-57(54)64(59(52)60(55)65-61)42-16-5-2-6-17-42)44-23-13-24-51-50-22-11-12-25-56(50)63(58(44)51)43-30-26-38(27-31-43)40-28-32-49-47-20-8-7-18-45(47)46-19-9-10-21-48(46)53(49)36-40/h1-37H. The van der Waals surface area contributed by atoms with E-state index in [0.717, 1.165) is 27.5 Å². The van der Waals surface area contributed by atoms with Crippen molar-refractivity contribution in [1.82, 2.24) is 14.1 Å². The van der Waals surface area contributed by atoms with Crippen LogP contribution in [0.2, 0.25) is 0 Å². The molecule has 0 aliphatic rings. The fourth-order valence-electron chi connectivity index (χ4n) is 10.6. The van der Waals surface area contributed by atoms with Crippen molar-refractivity contribution in [2.75, 3.05) is 0 Å². The van der Waals surface area contributed by atoms with Gasteiger partial charge in [0.05, 0.1) is 32.3 Å². The average molecular weight is 844 g/mol. The van der Waals surface area contributed by atoms with Gasteiger partial charge in [0.2, 0.25) is 0 Å². The first kappa shape index (κ1) is 36.2. The summed E-state index contributed by atoms with van der Waals surface area (Å²) in [5, 5.41) is 13.7. The number of hydrogen-bond donors (Lipinski definition) is 0. The van der Waals surface area contributed by atoms with Gasteiger partial charge < -0.3 is 9.13 Å². The van der Waals surface area contributed by atoms with Crippen LogP contribution in [0, 0.1) is 0 Å². The van der Waals surface area contributed by atoms with Crippen molar-refractivity contribution in [3.05, 3.63) is 224 Å². The van der Waals surface area contributed by atoms with Gasteiger partial charge in [-0.25, -0.2) is 4.98 Å². The highest BCUT2D eigenvalue weighted by Crippen LogP contribution is 2.44. The highest BCUT2D eigenvalue weighted by Gasteiger charge is 2.21. The second-order valence-electron chi connectivity index (χ2n) is 17.1. The lowest BCUT2D eigenvalue weighted by molar-refractivity contribution is 1.18. The van der Waals surface area contributed by atoms with Crippen LogP contribution in [0.5, 0.6) is 0 Å². The van der Waals surface area contributed by atoms with Gasteiger partial charge in [-0.3, -0.25) is 0 Å². The number of nitrogens with zero attached hydrogens (tertiary/aromatic N) is 3. The SMILES string of the molecule is c1ccc(-c2nc3ccc4c5cc(-c6cccc7c8ccccc8n(-c8ccc(-c9ccc%10c%11ccccc%11c%11ccccc%11c%10c9)cc8)c67)ccc5n(-c5ccccc5)c4c3s2)cc1. The molecule has 0 aliphatic carbocycles. The Morgan fingerprint density at radius 1 is 0.308 bits per heavy atom. The van der Waals surface area contributed by atoms with Gasteiger partial charge >= 0.3 is 0 Å². The van der Waals surface area contributed by atoms with Gasteiger partial charge in [-0.2, -0.15) is 0 Å². The molecule has 65 heavy (non-hydrogen) atoms. The summed E-state index contributed by atoms with van der Waals surface area (Å²) in [6, 6.07) is 82.1. The summed E-state index contributed by atoms with van der Waals surface area (Å²) >= 11 is 1.77. The average Bonchev–Trinajstić information content (AvgIpc) is 4.07. The molecular formula is C61H37N3S. The normalized spacial score (nSPS) is 12.0. The van der Waals surface area contributed by atoms with Crippen molar-refractivity contribution in [2.45, 2.75) is 0 Å². The van der Waals surface area contributed by atoms with E-state index in [4.69, 9.17) is 4.98 Å². The summed E-state index contributed by atoms with van der Waals surface area (Å²) in [5.74, 6) is 0. The Bertz CT molecular complexity index is 4180. The van der Waals surface area contributed by atoms with Crippen LogP contribution >= 0.6 is 11.3 Å². The summed E-state index contributed by atoms with van der Waals surface area (Å²) in [6.07, 6.45) is 0. The largest absolute Gasteiger partial charge is 0.309 e. The zero-order chi connectivity index (χ0) is 42.6. The van der Waals surface area contributed by atoms with Crippen LogP contribution in [0.25, 0.3) is 130 Å². The number of aromatic nitrogens is 3. The molecule has 0 saturated carbocycles. The van der Waals surface area contributed by atoms with Crippen molar-refractivity contribution in [3.8, 4) is 44.2 Å². The smallest absolute Gasteiger partial charge is 0.124 e. The number of benzene rings is 11. The molecule has 3 aromatic heterocycles. The summed E-state index contributed by atoms with van der Waals surface area (Å²) < 4.78 is 6.09. The maximum atomic E-state index is 5.15. The van der Waals surface area contributed by atoms with E-state index in [0.29, 0.717) is 0 Å². The molecule has 0 N–H and O–H groups in total. The lowest BCUT2D eigenvalue weighted by atomic mass is 9.92. The first-order valence-electron chi connectivity index (χ1n) is 22.2. The molecule has 0 amide bonds. The van der Waals surface area contributed by atoms with Crippen molar-refractivity contribution in [2.24, 2.45) is 0 Å². The zero-order valence-corrected chi connectivity index (χ0v) is 35.9. The Morgan fingerprint density at radius 2 is 0.831 bits per heavy atom. The summed E-state index contributed by atoms with van der Waals surface area (Å²) in [5.41, 5.74) is 14.0. The highest BCUT2D eigenvalue weighted by molar-refractivity contribution is 7.22. The van der Waals surface area contributed by atoms with Crippen molar-refractivity contribution < 1.29 is 0 Å². The van der Waals surface area contributed by atoms with Gasteiger partial charge in [0, 0.05) is 44.0 Å². The molecule has 0 fully saturated rings. The van der Waals surface area contributed by atoms with E-state index >= 15 is 0 Å². The van der Waals surface area contributed by atoms with Crippen molar-refractivity contribution >= 4 is 97.5 Å². The molecular weight excluding hydrogens is 807 g/mol. The molecule has 0 aliphatic heterocycles. The number of fused-ring (bicyclic) bond motifs is 14. The van der Waals surface area contributed by atoms with Gasteiger partial charge in [0.1, 0.15) is 5.01 Å². The van der Waals surface area contributed by atoms with E-state index in [9.17, 15) is 0 Å². The van der Waals surface area contributed by atoms with Crippen LogP contribution in [0.1, 0.15) is 0 Å². The third-order valence-corrected chi connectivity index (χ3v) is 14.7. The first-order valence-corrected chi connectivity index (χ1v) is 23.0. The van der Waals surface area contributed by atoms with E-state index in [1.807, 2.05) is 0 Å². The Morgan fingerprint density at radius 3 is 1.58 bits per heavy atom. The highest BCUT2D eigenvalue weighted by atomic mass is 32.1. The maximum Gasteiger partial charge on any atom is 0.124 e. The van der Waals surface area contributed by atoms with Crippen LogP contribution in [0.4, 0.5) is 0 Å². The Labute approximate surface area is 378 Å². The number of para-hydroxylation sites is 3. The van der Waals surface area contributed by atoms with Gasteiger partial charge in [0.15, 0.2) is 0 Å². The summed E-state index contributed by atoms with van der Waals surface area (Å²) in [6.45, 7) is 0. The van der Waals surface area contributed by atoms with Gasteiger partial charge in [-0.15, -0.1) is 11.3 Å². The molecule has 3 nitrogen and oxygen atoms in total. The Hall–Kier alpha value is -8.31. The lowest BCUT2D eigenvalue weighted by Crippen LogP contribution is -1.96. The molecule has 0 spiro atoms. The van der Waals surface area contributed by atoms with E-state index < -0.39 is 0 Å². The van der Waals surface area contributed by atoms with Crippen molar-refractivity contribution in [3.63, 3.8) is 0 Å². The lowest BCUT2D eigenvalue weighted by Gasteiger charge is -2.14. The van der Waals surface area contributed by atoms with Crippen LogP contribution in [-0.2, 0) is 0 Å². The van der Waals surface area contributed by atoms with E-state index in [-0.39, 0.29) is 0 Å². The Balaban J connectivity index is 0.945. The molecule has 14 aromatic rings. The van der Waals surface area contributed by atoms with Crippen LogP contribution in [-0.4, -0.2) is 14.1 Å². The number of thiazole rings is 1. The topological polar surface area (TPSA) is 22.8 Å². The van der Waals surface area contributed by atoms with Crippen LogP contribution in [0.15, 0.2) is 224 Å². The fraction of sp³-hybridized carbons (Fsp3) is 0. The molecule has 3 heterocycles. The van der Waals surface area contributed by atoms with E-state index in [1.54, 1.807) is 11.3 Å². The maximum absolute atomic E-state index is 5.15. The Kier molecular flexibility index (Phi) is 7.85. The first-order chi connectivity index (χ1) is 32.2. The minimum Gasteiger partial charge on any atom is -0.309 e. The van der Waals surface area contributed by atoms with E-state index in [1.165, 1.54) is 103 Å². The fourth-order valence-corrected chi connectivity index (χ4v) is 11.7. The van der Waals surface area contributed by atoms with Crippen molar-refractivity contribution in [1.29, 1.82) is 0 Å². The predicted molar refractivity (Wildman–Crippen MR) is 277 cm³/mol. The third kappa shape index (κ3) is 5.45. The minimum absolute atomic E-state index is 1.02. The minimum atomic E-state index is 1.02. The van der Waals surface area contributed by atoms with E-state index in [2.05, 4.69) is 234 Å². The molecule has 4 heteroatoms. The zero-order valence-electron chi connectivity index (χ0n) is 35.1. The van der Waals surface area contributed by atoms with Crippen LogP contribution in [0.3, 0.4) is 0 Å². The monoisotopic (exact) mass is 843 g/mol. The third-order valence-electron chi connectivity index (χ3n) is 13.5. The number of hydrogen-bond acceptors (Lipinski definition) is 2. The summed E-state index contributed by atoms with van der Waals surface area (Å²) in [4.78, 5) is 5.15. The number of rotatable bonds is 5. The van der Waals surface area contributed by atoms with Gasteiger partial charge in [-0.1, -0.05) is 164 Å². The quantitative estimate of drug-likeness (QED) is 0.158. The molecule has 11 aromatic carbocycles. The molecule has 0 radical (unpaired) electrons. The van der Waals surface area contributed by atoms with Crippen LogP contribution < -0.4 is 0 Å². The molecule has 0 bridgehead atoms. The van der Waals surface area contributed by atoms with Gasteiger partial charge in [0.25, 0.3) is 0 Å². The molecule has 0 atom stereocenters. The molecule has 302 valence electrons. The molecule has 14 rings (SSSR count). The second kappa shape index (κ2) is 14.1. The second-order valence-corrected chi connectivity index (χ2v) is 18.0.